The number of hydrogen-bond donors (Lipinski definition) is 2. The Morgan fingerprint density at radius 3 is 2.76 bits per heavy atom. The van der Waals surface area contributed by atoms with E-state index in [-0.39, 0.29) is 5.82 Å². The average Bonchev–Trinajstić information content (AvgIpc) is 2.37. The number of rotatable bonds is 4. The van der Waals surface area contributed by atoms with Crippen molar-refractivity contribution in [1.82, 2.24) is 0 Å². The molecule has 0 spiro atoms. The van der Waals surface area contributed by atoms with E-state index in [0.29, 0.717) is 25.1 Å². The third-order valence-corrected chi connectivity index (χ3v) is 4.30. The smallest absolute Gasteiger partial charge is 0.243 e. The number of primary amides is 1. The van der Waals surface area contributed by atoms with Gasteiger partial charge in [0.1, 0.15) is 11.4 Å². The molecule has 1 fully saturated rings. The van der Waals surface area contributed by atoms with Crippen LogP contribution in [-0.4, -0.2) is 23.7 Å². The zero-order valence-electron chi connectivity index (χ0n) is 12.8. The van der Waals surface area contributed by atoms with Crippen LogP contribution in [0, 0.1) is 12.7 Å². The van der Waals surface area contributed by atoms with Crippen molar-refractivity contribution in [2.45, 2.75) is 51.2 Å². The lowest BCUT2D eigenvalue weighted by molar-refractivity contribution is -0.135. The Hall–Kier alpha value is -1.62. The predicted molar refractivity (Wildman–Crippen MR) is 80.6 cm³/mol. The highest BCUT2D eigenvalue weighted by molar-refractivity contribution is 5.88. The molecule has 2 rings (SSSR count). The van der Waals surface area contributed by atoms with Gasteiger partial charge >= 0.3 is 0 Å². The van der Waals surface area contributed by atoms with E-state index in [2.05, 4.69) is 5.32 Å². The maximum Gasteiger partial charge on any atom is 0.243 e. The molecule has 1 aromatic rings. The summed E-state index contributed by atoms with van der Waals surface area (Å²) in [6.45, 7) is 6.26. The quantitative estimate of drug-likeness (QED) is 0.897. The first-order valence-corrected chi connectivity index (χ1v) is 7.28. The molecule has 3 N–H and O–H groups in total. The Bertz CT molecular complexity index is 529. The summed E-state index contributed by atoms with van der Waals surface area (Å²) in [5.41, 5.74) is 5.72. The Morgan fingerprint density at radius 2 is 2.19 bits per heavy atom. The number of carbonyl (C=O) groups is 1. The van der Waals surface area contributed by atoms with Crippen molar-refractivity contribution >= 4 is 11.6 Å². The maximum absolute atomic E-state index is 13.5. The van der Waals surface area contributed by atoms with E-state index >= 15 is 0 Å². The molecule has 21 heavy (non-hydrogen) atoms. The van der Waals surface area contributed by atoms with Crippen LogP contribution in [0.5, 0.6) is 0 Å². The molecule has 0 aromatic heterocycles. The third-order valence-electron chi connectivity index (χ3n) is 4.30. The van der Waals surface area contributed by atoms with Crippen LogP contribution in [-0.2, 0) is 9.53 Å². The molecule has 0 radical (unpaired) electrons. The van der Waals surface area contributed by atoms with Crippen molar-refractivity contribution in [3.63, 3.8) is 0 Å². The summed E-state index contributed by atoms with van der Waals surface area (Å²) < 4.78 is 19.3. The Labute approximate surface area is 124 Å². The van der Waals surface area contributed by atoms with Gasteiger partial charge in [0.05, 0.1) is 12.2 Å². The number of benzene rings is 1. The monoisotopic (exact) mass is 294 g/mol. The highest BCUT2D eigenvalue weighted by Gasteiger charge is 2.46. The van der Waals surface area contributed by atoms with Gasteiger partial charge in [0.25, 0.3) is 0 Å². The summed E-state index contributed by atoms with van der Waals surface area (Å²) in [6.07, 6.45) is 1.74. The molecule has 1 aliphatic rings. The number of carbonyl (C=O) groups excluding carboxylic acids is 1. The Balaban J connectivity index is 2.32. The van der Waals surface area contributed by atoms with Crippen molar-refractivity contribution in [2.24, 2.45) is 5.73 Å². The zero-order valence-corrected chi connectivity index (χ0v) is 12.8. The minimum Gasteiger partial charge on any atom is -0.375 e. The van der Waals surface area contributed by atoms with E-state index in [1.807, 2.05) is 26.8 Å². The highest BCUT2D eigenvalue weighted by atomic mass is 19.1. The van der Waals surface area contributed by atoms with Crippen LogP contribution in [0.2, 0.25) is 0 Å². The standard InChI is InChI=1S/C16H23FN2O2/c1-4-15(3)10-16(14(18)20,5-6-21-15)19-13-8-11(2)7-12(17)9-13/h7-9,19H,4-6,10H2,1-3H3,(H2,18,20). The first-order chi connectivity index (χ1) is 9.78. The summed E-state index contributed by atoms with van der Waals surface area (Å²) in [4.78, 5) is 12.1. The van der Waals surface area contributed by atoms with Crippen molar-refractivity contribution in [2.75, 3.05) is 11.9 Å². The van der Waals surface area contributed by atoms with Gasteiger partial charge in [-0.1, -0.05) is 6.92 Å². The van der Waals surface area contributed by atoms with Crippen LogP contribution < -0.4 is 11.1 Å². The van der Waals surface area contributed by atoms with Crippen LogP contribution in [0.3, 0.4) is 0 Å². The van der Waals surface area contributed by atoms with Crippen LogP contribution >= 0.6 is 0 Å². The molecule has 1 saturated heterocycles. The number of amides is 1. The van der Waals surface area contributed by atoms with Gasteiger partial charge in [-0.2, -0.15) is 0 Å². The predicted octanol–water partition coefficient (Wildman–Crippen LogP) is 2.75. The van der Waals surface area contributed by atoms with Gasteiger partial charge in [-0.3, -0.25) is 4.79 Å². The molecule has 1 heterocycles. The second-order valence-electron chi connectivity index (χ2n) is 6.17. The minimum absolute atomic E-state index is 0.331. The van der Waals surface area contributed by atoms with E-state index < -0.39 is 17.0 Å². The van der Waals surface area contributed by atoms with Gasteiger partial charge in [0.2, 0.25) is 5.91 Å². The molecule has 0 bridgehead atoms. The number of ether oxygens (including phenoxy) is 1. The molecular formula is C16H23FN2O2. The van der Waals surface area contributed by atoms with E-state index in [1.54, 1.807) is 0 Å². The average molecular weight is 294 g/mol. The molecular weight excluding hydrogens is 271 g/mol. The first-order valence-electron chi connectivity index (χ1n) is 7.28. The number of nitrogens with two attached hydrogens (primary N) is 1. The topological polar surface area (TPSA) is 64.3 Å². The number of anilines is 1. The number of aryl methyl sites for hydroxylation is 1. The second kappa shape index (κ2) is 5.64. The largest absolute Gasteiger partial charge is 0.375 e. The lowest BCUT2D eigenvalue weighted by atomic mass is 9.78. The van der Waals surface area contributed by atoms with Crippen molar-refractivity contribution in [3.05, 3.63) is 29.6 Å². The normalized spacial score (nSPS) is 29.1. The fourth-order valence-corrected chi connectivity index (χ4v) is 2.94. The molecule has 5 heteroatoms. The lowest BCUT2D eigenvalue weighted by Gasteiger charge is -2.45. The third kappa shape index (κ3) is 3.35. The Morgan fingerprint density at radius 1 is 1.48 bits per heavy atom. The SMILES string of the molecule is CCC1(C)CC(Nc2cc(C)cc(F)c2)(C(N)=O)CCO1. The zero-order chi connectivity index (χ0) is 15.7. The van der Waals surface area contributed by atoms with E-state index in [4.69, 9.17) is 10.5 Å². The fraction of sp³-hybridized carbons (Fsp3) is 0.562. The van der Waals surface area contributed by atoms with Crippen molar-refractivity contribution < 1.29 is 13.9 Å². The van der Waals surface area contributed by atoms with Gasteiger partial charge in [-0.25, -0.2) is 4.39 Å². The maximum atomic E-state index is 13.5. The molecule has 4 nitrogen and oxygen atoms in total. The number of halogens is 1. The van der Waals surface area contributed by atoms with E-state index in [0.717, 1.165) is 12.0 Å². The summed E-state index contributed by atoms with van der Waals surface area (Å²) in [5.74, 6) is -0.755. The van der Waals surface area contributed by atoms with Crippen molar-refractivity contribution in [1.29, 1.82) is 0 Å². The number of hydrogen-bond acceptors (Lipinski definition) is 3. The van der Waals surface area contributed by atoms with E-state index in [1.165, 1.54) is 12.1 Å². The van der Waals surface area contributed by atoms with Crippen LogP contribution in [0.4, 0.5) is 10.1 Å². The van der Waals surface area contributed by atoms with Crippen LogP contribution in [0.1, 0.15) is 38.7 Å². The molecule has 116 valence electrons. The molecule has 0 aliphatic carbocycles. The molecule has 1 amide bonds. The molecule has 2 atom stereocenters. The summed E-state index contributed by atoms with van der Waals surface area (Å²) >= 11 is 0. The molecule has 1 aromatic carbocycles. The minimum atomic E-state index is -0.900. The summed E-state index contributed by atoms with van der Waals surface area (Å²) in [7, 11) is 0. The molecule has 1 aliphatic heterocycles. The second-order valence-corrected chi connectivity index (χ2v) is 6.17. The lowest BCUT2D eigenvalue weighted by Crippen LogP contribution is -2.59. The number of nitrogens with one attached hydrogen (secondary N) is 1. The van der Waals surface area contributed by atoms with Crippen molar-refractivity contribution in [3.8, 4) is 0 Å². The van der Waals surface area contributed by atoms with Crippen LogP contribution in [0.15, 0.2) is 18.2 Å². The van der Waals surface area contributed by atoms with Gasteiger partial charge in [-0.15, -0.1) is 0 Å². The Kier molecular flexibility index (Phi) is 4.23. The van der Waals surface area contributed by atoms with E-state index in [9.17, 15) is 9.18 Å². The van der Waals surface area contributed by atoms with Gasteiger partial charge < -0.3 is 15.8 Å². The van der Waals surface area contributed by atoms with Crippen LogP contribution in [0.25, 0.3) is 0 Å². The van der Waals surface area contributed by atoms with Gasteiger partial charge in [0.15, 0.2) is 0 Å². The molecule has 2 unspecified atom stereocenters. The highest BCUT2D eigenvalue weighted by Crippen LogP contribution is 2.37. The summed E-state index contributed by atoms with van der Waals surface area (Å²) in [5, 5.41) is 3.17. The van der Waals surface area contributed by atoms with Gasteiger partial charge in [0, 0.05) is 18.5 Å². The van der Waals surface area contributed by atoms with Gasteiger partial charge in [-0.05, 0) is 44.0 Å². The summed E-state index contributed by atoms with van der Waals surface area (Å²) in [6, 6.07) is 4.64. The molecule has 0 saturated carbocycles. The fourth-order valence-electron chi connectivity index (χ4n) is 2.94. The first kappa shape index (κ1) is 15.8.